The number of furan rings is 3. The number of rotatable bonds is 11. The highest BCUT2D eigenvalue weighted by Gasteiger charge is 2.25. The molecule has 0 N–H and O–H groups in total. The van der Waals surface area contributed by atoms with Crippen LogP contribution in [0, 0.1) is 0 Å². The predicted molar refractivity (Wildman–Crippen MR) is 477 cm³/mol. The standard InChI is InChI=1S/C57H34N4O2.C49H30N4O/c1-4-14-35(15-5-1)38-24-27-43-42-20-10-12-22-49(42)61(50(43)31-38)41-33-46(36-16-6-2-7-17-36)54-48(34-41)45-28-25-40(32-53(45)63-54)57-59-55(37-18-8-3-9-19-37)58-56(60-57)39-26-29-52-47(30-39)44-21-11-13-23-51(44)62-52;1-3-14-32(15-4-1)41-29-37(53-43-21-11-9-19-38(43)39-20-10-12-22-44(39)53)30-42-40-26-25-36(28-45(40)54-46(41)42)49-51-47(33-16-5-2-6-17-33)50-48(52-49)35-24-23-31-13-7-8-18-34(31)27-35/h1-34H;1-30H. The number of para-hydroxylation sites is 4. The van der Waals surface area contributed by atoms with Crippen molar-refractivity contribution in [1.82, 2.24) is 39.0 Å². The average Bonchev–Trinajstić information content (AvgIpc) is 1.58. The van der Waals surface area contributed by atoms with Gasteiger partial charge in [-0.25, -0.2) is 29.9 Å². The molecule has 24 aromatic rings. The predicted octanol–water partition coefficient (Wildman–Crippen LogP) is 27.8. The zero-order chi connectivity index (χ0) is 77.0. The fourth-order valence-electron chi connectivity index (χ4n) is 17.1. The molecule has 0 spiro atoms. The van der Waals surface area contributed by atoms with E-state index in [1.807, 2.05) is 97.1 Å². The summed E-state index contributed by atoms with van der Waals surface area (Å²) in [6.45, 7) is 0. The van der Waals surface area contributed by atoms with Gasteiger partial charge in [0.2, 0.25) is 0 Å². The van der Waals surface area contributed by atoms with Gasteiger partial charge in [-0.1, -0.05) is 285 Å². The van der Waals surface area contributed by atoms with Gasteiger partial charge < -0.3 is 22.4 Å². The Labute approximate surface area is 669 Å². The molecule has 0 aliphatic heterocycles. The van der Waals surface area contributed by atoms with Crippen molar-refractivity contribution in [1.29, 1.82) is 0 Å². The van der Waals surface area contributed by atoms with Crippen LogP contribution in [-0.4, -0.2) is 39.0 Å². The molecule has 0 amide bonds. The third-order valence-corrected chi connectivity index (χ3v) is 22.7. The van der Waals surface area contributed by atoms with Gasteiger partial charge >= 0.3 is 0 Å². The monoisotopic (exact) mass is 1500 g/mol. The number of fused-ring (bicyclic) bond motifs is 16. The lowest BCUT2D eigenvalue weighted by atomic mass is 10.0. The molecule has 546 valence electrons. The van der Waals surface area contributed by atoms with E-state index in [-0.39, 0.29) is 0 Å². The summed E-state index contributed by atoms with van der Waals surface area (Å²) in [5.41, 5.74) is 23.5. The highest BCUT2D eigenvalue weighted by molar-refractivity contribution is 6.16. The summed E-state index contributed by atoms with van der Waals surface area (Å²) in [6, 6.07) is 135. The molecular weight excluding hydrogens is 1430 g/mol. The summed E-state index contributed by atoms with van der Waals surface area (Å²) in [6.07, 6.45) is 0. The molecule has 7 heterocycles. The van der Waals surface area contributed by atoms with Crippen molar-refractivity contribution in [2.24, 2.45) is 0 Å². The van der Waals surface area contributed by atoms with E-state index in [4.69, 9.17) is 43.2 Å². The number of hydrogen-bond acceptors (Lipinski definition) is 9. The number of nitrogens with zero attached hydrogens (tertiary/aromatic N) is 8. The molecule has 24 rings (SSSR count). The summed E-state index contributed by atoms with van der Waals surface area (Å²) >= 11 is 0. The van der Waals surface area contributed by atoms with Crippen LogP contribution in [0.1, 0.15) is 0 Å². The van der Waals surface area contributed by atoms with Crippen molar-refractivity contribution in [2.75, 3.05) is 0 Å². The van der Waals surface area contributed by atoms with Crippen molar-refractivity contribution < 1.29 is 13.3 Å². The van der Waals surface area contributed by atoms with E-state index in [9.17, 15) is 0 Å². The third-order valence-electron chi connectivity index (χ3n) is 22.7. The summed E-state index contributed by atoms with van der Waals surface area (Å²) in [5, 5.41) is 13.4. The molecule has 0 aliphatic rings. The topological polar surface area (TPSA) is 127 Å². The summed E-state index contributed by atoms with van der Waals surface area (Å²) in [4.78, 5) is 30.3. The van der Waals surface area contributed by atoms with Crippen molar-refractivity contribution >= 4 is 120 Å². The lowest BCUT2D eigenvalue weighted by Crippen LogP contribution is -2.00. The smallest absolute Gasteiger partial charge is 0.164 e. The fourth-order valence-corrected chi connectivity index (χ4v) is 17.1. The van der Waals surface area contributed by atoms with Gasteiger partial charge in [0.25, 0.3) is 0 Å². The van der Waals surface area contributed by atoms with Crippen LogP contribution >= 0.6 is 0 Å². The molecule has 0 saturated carbocycles. The Morgan fingerprint density at radius 3 is 1.02 bits per heavy atom. The van der Waals surface area contributed by atoms with E-state index in [1.165, 1.54) is 49.1 Å². The van der Waals surface area contributed by atoms with Gasteiger partial charge in [0.15, 0.2) is 34.9 Å². The molecule has 0 radical (unpaired) electrons. The molecular formula is C106H64N8O3. The van der Waals surface area contributed by atoms with Crippen molar-refractivity contribution in [3.05, 3.63) is 388 Å². The van der Waals surface area contributed by atoms with Gasteiger partial charge in [-0.15, -0.1) is 0 Å². The third kappa shape index (κ3) is 11.6. The molecule has 0 fully saturated rings. The highest BCUT2D eigenvalue weighted by Crippen LogP contribution is 2.46. The van der Waals surface area contributed by atoms with Crippen LogP contribution < -0.4 is 0 Å². The van der Waals surface area contributed by atoms with Crippen LogP contribution in [0.5, 0.6) is 0 Å². The van der Waals surface area contributed by atoms with Crippen molar-refractivity contribution in [3.8, 4) is 113 Å². The van der Waals surface area contributed by atoms with Crippen LogP contribution in [-0.2, 0) is 0 Å². The first-order valence-electron chi connectivity index (χ1n) is 39.2. The van der Waals surface area contributed by atoms with Crippen LogP contribution in [0.3, 0.4) is 0 Å². The van der Waals surface area contributed by atoms with Gasteiger partial charge in [-0.3, -0.25) is 0 Å². The molecule has 11 heteroatoms. The first-order chi connectivity index (χ1) is 57.9. The lowest BCUT2D eigenvalue weighted by Gasteiger charge is -2.12. The Kier molecular flexibility index (Phi) is 15.7. The van der Waals surface area contributed by atoms with Crippen LogP contribution in [0.15, 0.2) is 401 Å². The van der Waals surface area contributed by atoms with Crippen LogP contribution in [0.25, 0.3) is 233 Å². The minimum Gasteiger partial charge on any atom is -0.456 e. The maximum Gasteiger partial charge on any atom is 0.164 e. The Bertz CT molecular complexity index is 8020. The van der Waals surface area contributed by atoms with E-state index in [0.717, 1.165) is 149 Å². The SMILES string of the molecule is c1ccc(-c2ccc3c4ccccc4n(-c4cc(-c5ccccc5)c5oc6cc(-c7nc(-c8ccccc8)nc(-c8ccc9oc%10ccccc%10c9c8)n7)ccc6c5c4)c3c2)cc1.c1ccc(-c2nc(-c3ccc4ccccc4c3)nc(-c3ccc4c(c3)oc3c(-c5ccccc5)cc(-n5c6ccccc6c6ccccc65)cc34)n2)cc1. The zero-order valence-electron chi connectivity index (χ0n) is 62.8. The fraction of sp³-hybridized carbons (Fsp3) is 0. The van der Waals surface area contributed by atoms with E-state index in [1.54, 1.807) is 0 Å². The van der Waals surface area contributed by atoms with Crippen LogP contribution in [0.2, 0.25) is 0 Å². The van der Waals surface area contributed by atoms with Gasteiger partial charge in [0.05, 0.1) is 22.1 Å². The molecule has 117 heavy (non-hydrogen) atoms. The molecule has 0 aliphatic carbocycles. The van der Waals surface area contributed by atoms with Gasteiger partial charge in [0.1, 0.15) is 33.5 Å². The number of aromatic nitrogens is 8. The minimum absolute atomic E-state index is 0.557. The largest absolute Gasteiger partial charge is 0.456 e. The Hall–Kier alpha value is -16.0. The molecule has 0 saturated heterocycles. The first kappa shape index (κ1) is 66.8. The maximum absolute atomic E-state index is 6.94. The second-order valence-electron chi connectivity index (χ2n) is 29.6. The van der Waals surface area contributed by atoms with Gasteiger partial charge in [0, 0.05) is 110 Å². The highest BCUT2D eigenvalue weighted by atomic mass is 16.3. The van der Waals surface area contributed by atoms with Crippen LogP contribution in [0.4, 0.5) is 0 Å². The number of hydrogen-bond donors (Lipinski definition) is 0. The van der Waals surface area contributed by atoms with E-state index < -0.39 is 0 Å². The molecule has 0 atom stereocenters. The Morgan fingerprint density at radius 2 is 0.513 bits per heavy atom. The summed E-state index contributed by atoms with van der Waals surface area (Å²) in [5.74, 6) is 3.56. The quantitative estimate of drug-likeness (QED) is 0.124. The molecule has 11 nitrogen and oxygen atoms in total. The maximum atomic E-state index is 6.94. The molecule has 0 unspecified atom stereocenters. The minimum atomic E-state index is 0.557. The van der Waals surface area contributed by atoms with E-state index in [2.05, 4.69) is 300 Å². The average molecular weight is 1500 g/mol. The molecule has 17 aromatic carbocycles. The Balaban J connectivity index is 0.000000139. The first-order valence-corrected chi connectivity index (χ1v) is 39.2. The molecule has 7 aromatic heterocycles. The molecule has 0 bridgehead atoms. The summed E-state index contributed by atoms with van der Waals surface area (Å²) < 4.78 is 24.7. The van der Waals surface area contributed by atoms with E-state index in [0.29, 0.717) is 34.9 Å². The van der Waals surface area contributed by atoms with Crippen molar-refractivity contribution in [2.45, 2.75) is 0 Å². The second kappa shape index (κ2) is 27.4. The van der Waals surface area contributed by atoms with Gasteiger partial charge in [-0.2, -0.15) is 0 Å². The van der Waals surface area contributed by atoms with E-state index >= 15 is 0 Å². The zero-order valence-corrected chi connectivity index (χ0v) is 62.8. The lowest BCUT2D eigenvalue weighted by molar-refractivity contribution is 0.669. The normalized spacial score (nSPS) is 11.8. The van der Waals surface area contributed by atoms with Crippen molar-refractivity contribution in [3.63, 3.8) is 0 Å². The number of benzene rings is 17. The van der Waals surface area contributed by atoms with Gasteiger partial charge in [-0.05, 0) is 136 Å². The Morgan fingerprint density at radius 1 is 0.171 bits per heavy atom. The summed E-state index contributed by atoms with van der Waals surface area (Å²) in [7, 11) is 0. The second-order valence-corrected chi connectivity index (χ2v) is 29.6.